The molecule has 0 bridgehead atoms. The van der Waals surface area contributed by atoms with E-state index in [9.17, 15) is 9.59 Å². The van der Waals surface area contributed by atoms with Crippen LogP contribution in [-0.4, -0.2) is 17.5 Å². The standard InChI is InChI=1S/C22H41NO3/c1-4-7-8-9-10-11-12-13-14-15-16-17-19-22(18-5-2,21(23)25)26-20(24)6-3/h6H,3-5,7-19H2,1-2H3,(H2,23,25). The van der Waals surface area contributed by atoms with Crippen molar-refractivity contribution in [2.45, 2.75) is 116 Å². The molecular weight excluding hydrogens is 326 g/mol. The van der Waals surface area contributed by atoms with Gasteiger partial charge in [-0.1, -0.05) is 97.5 Å². The van der Waals surface area contributed by atoms with Crippen LogP contribution in [0.3, 0.4) is 0 Å². The minimum absolute atomic E-state index is 0.472. The van der Waals surface area contributed by atoms with Gasteiger partial charge in [0.2, 0.25) is 0 Å². The number of rotatable bonds is 18. The second-order valence-corrected chi connectivity index (χ2v) is 7.37. The highest BCUT2D eigenvalue weighted by atomic mass is 16.6. The number of unbranched alkanes of at least 4 members (excludes halogenated alkanes) is 11. The van der Waals surface area contributed by atoms with E-state index in [4.69, 9.17) is 10.5 Å². The number of nitrogens with two attached hydrogens (primary N) is 1. The second kappa shape index (κ2) is 15.9. The Balaban J connectivity index is 3.93. The maximum Gasteiger partial charge on any atom is 0.331 e. The first kappa shape index (κ1) is 24.7. The van der Waals surface area contributed by atoms with E-state index in [0.29, 0.717) is 12.8 Å². The van der Waals surface area contributed by atoms with Crippen LogP contribution in [0.15, 0.2) is 12.7 Å². The minimum atomic E-state index is -1.17. The predicted octanol–water partition coefficient (Wildman–Crippen LogP) is 5.83. The van der Waals surface area contributed by atoms with E-state index < -0.39 is 17.5 Å². The van der Waals surface area contributed by atoms with Crippen molar-refractivity contribution in [3.63, 3.8) is 0 Å². The van der Waals surface area contributed by atoms with Crippen LogP contribution in [0.4, 0.5) is 0 Å². The summed E-state index contributed by atoms with van der Waals surface area (Å²) < 4.78 is 5.36. The van der Waals surface area contributed by atoms with E-state index in [1.54, 1.807) is 0 Å². The van der Waals surface area contributed by atoms with Gasteiger partial charge in [0.25, 0.3) is 5.91 Å². The molecule has 0 radical (unpaired) electrons. The maximum absolute atomic E-state index is 11.9. The Hall–Kier alpha value is -1.32. The zero-order valence-corrected chi connectivity index (χ0v) is 17.2. The Morgan fingerprint density at radius 3 is 1.65 bits per heavy atom. The summed E-state index contributed by atoms with van der Waals surface area (Å²) in [5.41, 5.74) is 4.38. The molecule has 4 heteroatoms. The van der Waals surface area contributed by atoms with Gasteiger partial charge in [0, 0.05) is 6.08 Å². The second-order valence-electron chi connectivity index (χ2n) is 7.37. The van der Waals surface area contributed by atoms with Crippen molar-refractivity contribution in [2.24, 2.45) is 5.73 Å². The van der Waals surface area contributed by atoms with Gasteiger partial charge in [-0.3, -0.25) is 4.79 Å². The number of hydrogen-bond donors (Lipinski definition) is 1. The largest absolute Gasteiger partial charge is 0.446 e. The van der Waals surface area contributed by atoms with Gasteiger partial charge in [0.1, 0.15) is 0 Å². The fraction of sp³-hybridized carbons (Fsp3) is 0.818. The van der Waals surface area contributed by atoms with Gasteiger partial charge in [-0.15, -0.1) is 0 Å². The third-order valence-corrected chi connectivity index (χ3v) is 5.00. The lowest BCUT2D eigenvalue weighted by Crippen LogP contribution is -2.47. The summed E-state index contributed by atoms with van der Waals surface area (Å²) in [6.07, 6.45) is 17.9. The first-order valence-corrected chi connectivity index (χ1v) is 10.7. The van der Waals surface area contributed by atoms with Crippen LogP contribution in [0.25, 0.3) is 0 Å². The van der Waals surface area contributed by atoms with Crippen molar-refractivity contribution < 1.29 is 14.3 Å². The smallest absolute Gasteiger partial charge is 0.331 e. The normalized spacial score (nSPS) is 13.2. The molecule has 0 saturated heterocycles. The van der Waals surface area contributed by atoms with Crippen LogP contribution >= 0.6 is 0 Å². The van der Waals surface area contributed by atoms with Crippen LogP contribution in [-0.2, 0) is 14.3 Å². The summed E-state index contributed by atoms with van der Waals surface area (Å²) in [6, 6.07) is 0. The van der Waals surface area contributed by atoms with E-state index in [0.717, 1.165) is 31.8 Å². The number of carbonyl (C=O) groups is 2. The van der Waals surface area contributed by atoms with Crippen molar-refractivity contribution in [3.8, 4) is 0 Å². The molecule has 1 unspecified atom stereocenters. The van der Waals surface area contributed by atoms with Gasteiger partial charge < -0.3 is 10.5 Å². The Morgan fingerprint density at radius 1 is 0.808 bits per heavy atom. The summed E-state index contributed by atoms with van der Waals surface area (Å²) in [7, 11) is 0. The molecule has 0 aliphatic rings. The van der Waals surface area contributed by atoms with Crippen LogP contribution in [0.2, 0.25) is 0 Å². The summed E-state index contributed by atoms with van der Waals surface area (Å²) >= 11 is 0. The molecule has 0 aliphatic carbocycles. The third-order valence-electron chi connectivity index (χ3n) is 5.00. The number of hydrogen-bond acceptors (Lipinski definition) is 3. The molecule has 0 saturated carbocycles. The van der Waals surface area contributed by atoms with Crippen molar-refractivity contribution >= 4 is 11.9 Å². The molecule has 0 aromatic rings. The summed E-state index contributed by atoms with van der Waals surface area (Å²) in [4.78, 5) is 23.5. The monoisotopic (exact) mass is 367 g/mol. The minimum Gasteiger partial charge on any atom is -0.446 e. The zero-order chi connectivity index (χ0) is 19.7. The number of amides is 1. The lowest BCUT2D eigenvalue weighted by atomic mass is 9.90. The predicted molar refractivity (Wildman–Crippen MR) is 109 cm³/mol. The van der Waals surface area contributed by atoms with Gasteiger partial charge in [0.15, 0.2) is 5.60 Å². The van der Waals surface area contributed by atoms with E-state index in [-0.39, 0.29) is 0 Å². The Kier molecular flexibility index (Phi) is 15.1. The van der Waals surface area contributed by atoms with Crippen LogP contribution in [0, 0.1) is 0 Å². The molecule has 0 aromatic heterocycles. The Morgan fingerprint density at radius 2 is 1.27 bits per heavy atom. The molecule has 0 rings (SSSR count). The van der Waals surface area contributed by atoms with Crippen LogP contribution in [0.1, 0.15) is 110 Å². The van der Waals surface area contributed by atoms with Gasteiger partial charge in [-0.25, -0.2) is 4.79 Å². The molecule has 152 valence electrons. The molecule has 4 nitrogen and oxygen atoms in total. The molecule has 0 heterocycles. The molecule has 0 fully saturated rings. The third kappa shape index (κ3) is 11.3. The van der Waals surface area contributed by atoms with E-state index in [1.165, 1.54) is 57.8 Å². The van der Waals surface area contributed by atoms with Crippen molar-refractivity contribution in [2.75, 3.05) is 0 Å². The molecule has 0 aromatic carbocycles. The first-order valence-electron chi connectivity index (χ1n) is 10.7. The first-order chi connectivity index (χ1) is 12.5. The fourth-order valence-electron chi connectivity index (χ4n) is 3.41. The quantitative estimate of drug-likeness (QED) is 0.188. The molecule has 1 atom stereocenters. The highest BCUT2D eigenvalue weighted by Gasteiger charge is 2.38. The topological polar surface area (TPSA) is 69.4 Å². The van der Waals surface area contributed by atoms with Crippen molar-refractivity contribution in [1.29, 1.82) is 0 Å². The van der Waals surface area contributed by atoms with Gasteiger partial charge in [0.05, 0.1) is 0 Å². The molecule has 0 spiro atoms. The van der Waals surface area contributed by atoms with E-state index in [1.807, 2.05) is 6.92 Å². The summed E-state index contributed by atoms with van der Waals surface area (Å²) in [5.74, 6) is -1.12. The highest BCUT2D eigenvalue weighted by Crippen LogP contribution is 2.26. The lowest BCUT2D eigenvalue weighted by molar-refractivity contribution is -0.164. The average Bonchev–Trinajstić information content (AvgIpc) is 2.62. The number of ether oxygens (including phenoxy) is 1. The van der Waals surface area contributed by atoms with Crippen LogP contribution < -0.4 is 5.73 Å². The van der Waals surface area contributed by atoms with Gasteiger partial charge >= 0.3 is 5.97 Å². The number of primary amides is 1. The molecule has 0 aliphatic heterocycles. The van der Waals surface area contributed by atoms with Crippen LogP contribution in [0.5, 0.6) is 0 Å². The van der Waals surface area contributed by atoms with Gasteiger partial charge in [-0.2, -0.15) is 0 Å². The van der Waals surface area contributed by atoms with E-state index >= 15 is 0 Å². The maximum atomic E-state index is 11.9. The van der Waals surface area contributed by atoms with Gasteiger partial charge in [-0.05, 0) is 19.3 Å². The summed E-state index contributed by atoms with van der Waals surface area (Å²) in [6.45, 7) is 7.61. The number of carbonyl (C=O) groups excluding carboxylic acids is 2. The number of esters is 1. The fourth-order valence-corrected chi connectivity index (χ4v) is 3.41. The molecular formula is C22H41NO3. The zero-order valence-electron chi connectivity index (χ0n) is 17.2. The average molecular weight is 368 g/mol. The molecule has 1 amide bonds. The molecule has 2 N–H and O–H groups in total. The Labute approximate surface area is 160 Å². The summed E-state index contributed by atoms with van der Waals surface area (Å²) in [5, 5.41) is 0. The SMILES string of the molecule is C=CC(=O)OC(CCC)(CCCCCCCCCCCCCC)C(N)=O. The molecule has 26 heavy (non-hydrogen) atoms. The van der Waals surface area contributed by atoms with Crippen molar-refractivity contribution in [1.82, 2.24) is 0 Å². The highest BCUT2D eigenvalue weighted by molar-refractivity contribution is 5.89. The van der Waals surface area contributed by atoms with E-state index in [2.05, 4.69) is 13.5 Å². The lowest BCUT2D eigenvalue weighted by Gasteiger charge is -2.29. The Bertz CT molecular complexity index is 395. The van der Waals surface area contributed by atoms with Crippen molar-refractivity contribution in [3.05, 3.63) is 12.7 Å².